The molecule has 62 valence electrons. The van der Waals surface area contributed by atoms with Gasteiger partial charge in [0.1, 0.15) is 5.60 Å². The highest BCUT2D eigenvalue weighted by Crippen LogP contribution is 2.16. The van der Waals surface area contributed by atoms with Crippen LogP contribution in [0.2, 0.25) is 0 Å². The van der Waals surface area contributed by atoms with E-state index in [1.165, 1.54) is 13.8 Å². The van der Waals surface area contributed by atoms with Crippen molar-refractivity contribution in [2.24, 2.45) is 0 Å². The van der Waals surface area contributed by atoms with Gasteiger partial charge in [-0.1, -0.05) is 0 Å². The van der Waals surface area contributed by atoms with E-state index in [9.17, 15) is 9.90 Å². The zero-order valence-electron chi connectivity index (χ0n) is 6.76. The molecule has 1 N–H and O–H groups in total. The van der Waals surface area contributed by atoms with Crippen LogP contribution in [0.4, 0.5) is 0 Å². The molecule has 0 fully saturated rings. The molecule has 0 unspecified atom stereocenters. The largest absolute Gasteiger partial charge is 0.490 e. The average Bonchev–Trinajstić information content (AvgIpc) is 2.34. The second-order valence-corrected chi connectivity index (χ2v) is 3.09. The molecule has 3 nitrogen and oxygen atoms in total. The smallest absolute Gasteiger partial charge is 0.227 e. The first-order chi connectivity index (χ1) is 5.02. The van der Waals surface area contributed by atoms with Gasteiger partial charge in [-0.25, -0.2) is 0 Å². The summed E-state index contributed by atoms with van der Waals surface area (Å²) in [6.07, 6.45) is 2.47. The van der Waals surface area contributed by atoms with Crippen LogP contribution >= 0.6 is 0 Å². The van der Waals surface area contributed by atoms with Crippen LogP contribution in [0.1, 0.15) is 20.3 Å². The van der Waals surface area contributed by atoms with E-state index in [0.717, 1.165) is 6.42 Å². The van der Waals surface area contributed by atoms with Gasteiger partial charge in [-0.15, -0.1) is 0 Å². The highest BCUT2D eigenvalue weighted by Gasteiger charge is 2.29. The minimum atomic E-state index is -1.31. The van der Waals surface area contributed by atoms with Crippen molar-refractivity contribution in [3.05, 3.63) is 11.8 Å². The molecule has 1 aliphatic rings. The van der Waals surface area contributed by atoms with Crippen molar-refractivity contribution in [3.8, 4) is 0 Å². The van der Waals surface area contributed by atoms with Crippen LogP contribution in [-0.4, -0.2) is 23.1 Å². The molecule has 1 heterocycles. The Morgan fingerprint density at radius 1 is 1.73 bits per heavy atom. The topological polar surface area (TPSA) is 46.5 Å². The lowest BCUT2D eigenvalue weighted by Gasteiger charge is -2.15. The van der Waals surface area contributed by atoms with Crippen molar-refractivity contribution in [1.82, 2.24) is 0 Å². The highest BCUT2D eigenvalue weighted by atomic mass is 16.5. The van der Waals surface area contributed by atoms with Gasteiger partial charge in [0.2, 0.25) is 5.78 Å². The predicted molar refractivity (Wildman–Crippen MR) is 40.0 cm³/mol. The third-order valence-electron chi connectivity index (χ3n) is 1.48. The maximum absolute atomic E-state index is 11.2. The summed E-state index contributed by atoms with van der Waals surface area (Å²) >= 11 is 0. The number of hydrogen-bond donors (Lipinski definition) is 1. The Bertz CT molecular complexity index is 198. The van der Waals surface area contributed by atoms with E-state index in [1.807, 2.05) is 0 Å². The van der Waals surface area contributed by atoms with Crippen LogP contribution in [0.3, 0.4) is 0 Å². The van der Waals surface area contributed by atoms with Gasteiger partial charge in [0.15, 0.2) is 5.76 Å². The van der Waals surface area contributed by atoms with E-state index in [-0.39, 0.29) is 5.78 Å². The fourth-order valence-corrected chi connectivity index (χ4v) is 0.878. The lowest BCUT2D eigenvalue weighted by Crippen LogP contribution is -2.32. The summed E-state index contributed by atoms with van der Waals surface area (Å²) in [4.78, 5) is 11.2. The fourth-order valence-electron chi connectivity index (χ4n) is 0.878. The maximum Gasteiger partial charge on any atom is 0.227 e. The van der Waals surface area contributed by atoms with E-state index in [4.69, 9.17) is 4.74 Å². The molecule has 0 aliphatic carbocycles. The number of aliphatic hydroxyl groups is 1. The summed E-state index contributed by atoms with van der Waals surface area (Å²) < 4.78 is 4.99. The van der Waals surface area contributed by atoms with E-state index in [1.54, 1.807) is 6.08 Å². The summed E-state index contributed by atoms with van der Waals surface area (Å²) in [5.41, 5.74) is -1.31. The Balaban J connectivity index is 2.68. The summed E-state index contributed by atoms with van der Waals surface area (Å²) in [7, 11) is 0. The molecule has 1 aliphatic heterocycles. The van der Waals surface area contributed by atoms with Gasteiger partial charge < -0.3 is 9.84 Å². The van der Waals surface area contributed by atoms with Crippen LogP contribution in [0.15, 0.2) is 11.8 Å². The summed E-state index contributed by atoms with van der Waals surface area (Å²) in [5, 5.41) is 9.28. The Hall–Kier alpha value is -0.830. The van der Waals surface area contributed by atoms with Crippen LogP contribution in [0, 0.1) is 0 Å². The SMILES string of the molecule is CC(C)(O)C(=O)C1=CCCO1. The van der Waals surface area contributed by atoms with Crippen LogP contribution < -0.4 is 0 Å². The molecule has 0 saturated heterocycles. The first kappa shape index (κ1) is 8.27. The number of carbonyl (C=O) groups excluding carboxylic acids is 1. The summed E-state index contributed by atoms with van der Waals surface area (Å²) in [6, 6.07) is 0. The van der Waals surface area contributed by atoms with Gasteiger partial charge >= 0.3 is 0 Å². The molecule has 0 aromatic heterocycles. The molecule has 0 atom stereocenters. The van der Waals surface area contributed by atoms with Gasteiger partial charge in [-0.05, 0) is 19.9 Å². The molecule has 0 amide bonds. The predicted octanol–water partition coefficient (Wildman–Crippen LogP) is 0.631. The fraction of sp³-hybridized carbons (Fsp3) is 0.625. The van der Waals surface area contributed by atoms with Gasteiger partial charge in [-0.2, -0.15) is 0 Å². The van der Waals surface area contributed by atoms with Gasteiger partial charge in [-0.3, -0.25) is 4.79 Å². The van der Waals surface area contributed by atoms with Gasteiger partial charge in [0.05, 0.1) is 6.61 Å². The Kier molecular flexibility index (Phi) is 2.00. The van der Waals surface area contributed by atoms with Crippen molar-refractivity contribution in [2.75, 3.05) is 6.61 Å². The minimum Gasteiger partial charge on any atom is -0.490 e. The molecule has 1 rings (SSSR count). The first-order valence-corrected chi connectivity index (χ1v) is 3.62. The first-order valence-electron chi connectivity index (χ1n) is 3.62. The van der Waals surface area contributed by atoms with Crippen molar-refractivity contribution < 1.29 is 14.6 Å². The molecule has 0 aromatic rings. The molecule has 0 spiro atoms. The van der Waals surface area contributed by atoms with Crippen molar-refractivity contribution in [1.29, 1.82) is 0 Å². The number of rotatable bonds is 2. The zero-order chi connectivity index (χ0) is 8.48. The molecule has 0 saturated carbocycles. The molecule has 3 heteroatoms. The normalized spacial score (nSPS) is 17.5. The van der Waals surface area contributed by atoms with Crippen molar-refractivity contribution in [3.63, 3.8) is 0 Å². The van der Waals surface area contributed by atoms with E-state index in [0.29, 0.717) is 12.4 Å². The zero-order valence-corrected chi connectivity index (χ0v) is 6.76. The maximum atomic E-state index is 11.2. The quantitative estimate of drug-likeness (QED) is 0.637. The standard InChI is InChI=1S/C8H12O3/c1-8(2,10)7(9)6-4-3-5-11-6/h4,10H,3,5H2,1-2H3. The molecule has 0 aromatic carbocycles. The average molecular weight is 156 g/mol. The van der Waals surface area contributed by atoms with E-state index >= 15 is 0 Å². The van der Waals surface area contributed by atoms with Crippen molar-refractivity contribution >= 4 is 5.78 Å². The second kappa shape index (κ2) is 2.66. The molecular weight excluding hydrogens is 144 g/mol. The number of carbonyl (C=O) groups is 1. The number of hydrogen-bond acceptors (Lipinski definition) is 3. The number of ketones is 1. The molecule has 11 heavy (non-hydrogen) atoms. The number of Topliss-reactive ketones (excluding diaryl/α,β-unsaturated/α-hetero) is 1. The van der Waals surface area contributed by atoms with Gasteiger partial charge in [0, 0.05) is 6.42 Å². The van der Waals surface area contributed by atoms with Gasteiger partial charge in [0.25, 0.3) is 0 Å². The Morgan fingerprint density at radius 3 is 2.73 bits per heavy atom. The van der Waals surface area contributed by atoms with Crippen LogP contribution in [-0.2, 0) is 9.53 Å². The monoisotopic (exact) mass is 156 g/mol. The van der Waals surface area contributed by atoms with Crippen molar-refractivity contribution in [2.45, 2.75) is 25.9 Å². The highest BCUT2D eigenvalue weighted by molar-refractivity contribution is 5.99. The second-order valence-electron chi connectivity index (χ2n) is 3.09. The van der Waals surface area contributed by atoms with E-state index < -0.39 is 5.60 Å². The minimum absolute atomic E-state index is 0.303. The Labute approximate surface area is 65.7 Å². The molecule has 0 radical (unpaired) electrons. The van der Waals surface area contributed by atoms with Crippen LogP contribution in [0.25, 0.3) is 0 Å². The lowest BCUT2D eigenvalue weighted by atomic mass is 10.0. The lowest BCUT2D eigenvalue weighted by molar-refractivity contribution is -0.133. The third-order valence-corrected chi connectivity index (χ3v) is 1.48. The van der Waals surface area contributed by atoms with E-state index in [2.05, 4.69) is 0 Å². The van der Waals surface area contributed by atoms with Crippen LogP contribution in [0.5, 0.6) is 0 Å². The molecular formula is C8H12O3. The summed E-state index contributed by atoms with van der Waals surface area (Å²) in [6.45, 7) is 3.47. The third kappa shape index (κ3) is 1.80. The number of ether oxygens (including phenoxy) is 1. The Morgan fingerprint density at radius 2 is 2.36 bits per heavy atom. The summed E-state index contributed by atoms with van der Waals surface area (Å²) in [5.74, 6) is -0.0347. The molecule has 0 bridgehead atoms.